The summed E-state index contributed by atoms with van der Waals surface area (Å²) in [4.78, 5) is 14.8. The molecule has 0 aliphatic carbocycles. The number of ether oxygens (including phenoxy) is 1. The smallest absolute Gasteiger partial charge is 0.243 e. The van der Waals surface area contributed by atoms with Gasteiger partial charge in [0, 0.05) is 26.2 Å². The molecular weight excluding hydrogens is 378 g/mol. The third kappa shape index (κ3) is 6.18. The zero-order valence-corrected chi connectivity index (χ0v) is 18.0. The van der Waals surface area contributed by atoms with Crippen molar-refractivity contribution < 1.29 is 17.9 Å². The Hall–Kier alpha value is -1.64. The largest absolute Gasteiger partial charge is 0.497 e. The van der Waals surface area contributed by atoms with Crippen molar-refractivity contribution in [1.82, 2.24) is 14.5 Å². The van der Waals surface area contributed by atoms with E-state index in [9.17, 15) is 13.2 Å². The lowest BCUT2D eigenvalue weighted by Gasteiger charge is -2.35. The highest BCUT2D eigenvalue weighted by Gasteiger charge is 2.23. The lowest BCUT2D eigenvalue weighted by atomic mass is 10.00. The summed E-state index contributed by atoms with van der Waals surface area (Å²) in [6, 6.07) is 6.79. The second kappa shape index (κ2) is 10.8. The third-order valence-corrected chi connectivity index (χ3v) is 7.12. The van der Waals surface area contributed by atoms with Crippen LogP contribution in [0.2, 0.25) is 0 Å². The molecule has 1 amide bonds. The summed E-state index contributed by atoms with van der Waals surface area (Å²) in [7, 11) is -0.772. The van der Waals surface area contributed by atoms with Gasteiger partial charge in [-0.1, -0.05) is 13.3 Å². The van der Waals surface area contributed by atoms with Crippen LogP contribution in [0.15, 0.2) is 29.2 Å². The maximum atomic E-state index is 12.6. The van der Waals surface area contributed by atoms with Gasteiger partial charge in [0.15, 0.2) is 0 Å². The molecule has 2 rings (SSSR count). The highest BCUT2D eigenvalue weighted by Crippen LogP contribution is 2.20. The topological polar surface area (TPSA) is 79.0 Å². The number of hydrogen-bond donors (Lipinski definition) is 1. The molecule has 158 valence electrons. The quantitative estimate of drug-likeness (QED) is 0.597. The van der Waals surface area contributed by atoms with E-state index < -0.39 is 10.0 Å². The fourth-order valence-electron chi connectivity index (χ4n) is 3.60. The minimum absolute atomic E-state index is 0.138. The summed E-state index contributed by atoms with van der Waals surface area (Å²) >= 11 is 0. The number of benzene rings is 1. The van der Waals surface area contributed by atoms with Gasteiger partial charge in [-0.2, -0.15) is 4.31 Å². The fourth-order valence-corrected chi connectivity index (χ4v) is 4.72. The highest BCUT2D eigenvalue weighted by atomic mass is 32.2. The number of carbonyl (C=O) groups is 1. The van der Waals surface area contributed by atoms with Crippen LogP contribution in [0, 0.1) is 0 Å². The zero-order valence-electron chi connectivity index (χ0n) is 17.2. The number of nitrogens with one attached hydrogen (secondary N) is 1. The number of sulfonamides is 1. The van der Waals surface area contributed by atoms with Crippen LogP contribution >= 0.6 is 0 Å². The van der Waals surface area contributed by atoms with E-state index in [0.29, 0.717) is 18.3 Å². The maximum Gasteiger partial charge on any atom is 0.243 e. The molecule has 0 saturated carbocycles. The van der Waals surface area contributed by atoms with E-state index in [4.69, 9.17) is 4.74 Å². The number of likely N-dealkylation sites (tertiary alicyclic amines) is 1. The number of nitrogens with zero attached hydrogens (tertiary/aromatic N) is 2. The predicted octanol–water partition coefficient (Wildman–Crippen LogP) is 2.09. The molecule has 1 aliphatic heterocycles. The Kier molecular flexibility index (Phi) is 8.72. The Morgan fingerprint density at radius 2 is 2.00 bits per heavy atom. The Balaban J connectivity index is 1.76. The van der Waals surface area contributed by atoms with E-state index in [-0.39, 0.29) is 17.3 Å². The van der Waals surface area contributed by atoms with Crippen molar-refractivity contribution in [2.45, 2.75) is 50.0 Å². The summed E-state index contributed by atoms with van der Waals surface area (Å²) in [6.45, 7) is 4.69. The number of carbonyl (C=O) groups excluding carboxylic acids is 1. The molecule has 28 heavy (non-hydrogen) atoms. The van der Waals surface area contributed by atoms with E-state index in [0.717, 1.165) is 23.8 Å². The van der Waals surface area contributed by atoms with Crippen molar-refractivity contribution in [3.05, 3.63) is 24.3 Å². The van der Waals surface area contributed by atoms with E-state index in [1.165, 1.54) is 52.0 Å². The van der Waals surface area contributed by atoms with Crippen LogP contribution in [0.3, 0.4) is 0 Å². The summed E-state index contributed by atoms with van der Waals surface area (Å²) in [6.07, 6.45) is 5.85. The Bertz CT molecular complexity index is 721. The first kappa shape index (κ1) is 22.6. The standard InChI is InChI=1S/C20H33N3O4S/c1-4-17-8-5-6-14-23(17)15-7-13-21-20(24)16-22(2)28(25,26)19-11-9-18(27-3)10-12-19/h9-12,17H,4-8,13-16H2,1-3H3,(H,21,24). The molecule has 1 fully saturated rings. The number of rotatable bonds is 10. The molecule has 0 radical (unpaired) electrons. The second-order valence-corrected chi connectivity index (χ2v) is 9.28. The number of hydrogen-bond acceptors (Lipinski definition) is 5. The van der Waals surface area contributed by atoms with Gasteiger partial charge in [-0.25, -0.2) is 8.42 Å². The number of amides is 1. The van der Waals surface area contributed by atoms with Crippen LogP contribution in [0.5, 0.6) is 5.75 Å². The monoisotopic (exact) mass is 411 g/mol. The fraction of sp³-hybridized carbons (Fsp3) is 0.650. The molecular formula is C20H33N3O4S. The molecule has 1 aromatic rings. The van der Waals surface area contributed by atoms with Gasteiger partial charge in [0.1, 0.15) is 5.75 Å². The molecule has 8 heteroatoms. The van der Waals surface area contributed by atoms with Crippen LogP contribution in [0.25, 0.3) is 0 Å². The van der Waals surface area contributed by atoms with E-state index in [1.54, 1.807) is 12.1 Å². The number of methoxy groups -OCH3 is 1. The maximum absolute atomic E-state index is 12.6. The lowest BCUT2D eigenvalue weighted by molar-refractivity contribution is -0.121. The average molecular weight is 412 g/mol. The zero-order chi connectivity index (χ0) is 20.6. The molecule has 1 atom stereocenters. The molecule has 1 aromatic carbocycles. The summed E-state index contributed by atoms with van der Waals surface area (Å²) in [5, 5.41) is 2.84. The van der Waals surface area contributed by atoms with Gasteiger partial charge in [-0.05, 0) is 56.5 Å². The minimum Gasteiger partial charge on any atom is -0.497 e. The van der Waals surface area contributed by atoms with Crippen LogP contribution in [0.4, 0.5) is 0 Å². The third-order valence-electron chi connectivity index (χ3n) is 5.30. The van der Waals surface area contributed by atoms with Crippen LogP contribution < -0.4 is 10.1 Å². The van der Waals surface area contributed by atoms with Gasteiger partial charge < -0.3 is 15.0 Å². The average Bonchev–Trinajstić information content (AvgIpc) is 2.71. The summed E-state index contributed by atoms with van der Waals surface area (Å²) in [5.74, 6) is 0.295. The molecule has 1 unspecified atom stereocenters. The van der Waals surface area contributed by atoms with E-state index in [2.05, 4.69) is 17.1 Å². The van der Waals surface area contributed by atoms with Crippen molar-refractivity contribution >= 4 is 15.9 Å². The first-order chi connectivity index (χ1) is 13.4. The van der Waals surface area contributed by atoms with Gasteiger partial charge in [0.2, 0.25) is 15.9 Å². The van der Waals surface area contributed by atoms with Gasteiger partial charge in [-0.3, -0.25) is 4.79 Å². The molecule has 0 spiro atoms. The van der Waals surface area contributed by atoms with Crippen molar-refractivity contribution in [3.63, 3.8) is 0 Å². The molecule has 7 nitrogen and oxygen atoms in total. The van der Waals surface area contributed by atoms with Crippen LogP contribution in [-0.4, -0.2) is 69.9 Å². The van der Waals surface area contributed by atoms with Crippen molar-refractivity contribution in [3.8, 4) is 5.75 Å². The number of piperidine rings is 1. The van der Waals surface area contributed by atoms with Gasteiger partial charge in [-0.15, -0.1) is 0 Å². The predicted molar refractivity (Wildman–Crippen MR) is 110 cm³/mol. The SMILES string of the molecule is CCC1CCCCN1CCCNC(=O)CN(C)S(=O)(=O)c1ccc(OC)cc1. The Morgan fingerprint density at radius 1 is 1.29 bits per heavy atom. The minimum atomic E-state index is -3.71. The molecule has 0 bridgehead atoms. The summed E-state index contributed by atoms with van der Waals surface area (Å²) in [5.41, 5.74) is 0. The van der Waals surface area contributed by atoms with Gasteiger partial charge in [0.05, 0.1) is 18.6 Å². The van der Waals surface area contributed by atoms with Gasteiger partial charge >= 0.3 is 0 Å². The summed E-state index contributed by atoms with van der Waals surface area (Å²) < 4.78 is 31.3. The van der Waals surface area contributed by atoms with Crippen LogP contribution in [0.1, 0.15) is 39.0 Å². The van der Waals surface area contributed by atoms with Crippen LogP contribution in [-0.2, 0) is 14.8 Å². The Labute approximate surface area is 169 Å². The number of likely N-dealkylation sites (N-methyl/N-ethyl adjacent to an activating group) is 1. The van der Waals surface area contributed by atoms with Crippen molar-refractivity contribution in [2.75, 3.05) is 40.3 Å². The molecule has 1 heterocycles. The van der Waals surface area contributed by atoms with Crippen molar-refractivity contribution in [1.29, 1.82) is 0 Å². The second-order valence-electron chi connectivity index (χ2n) is 7.23. The van der Waals surface area contributed by atoms with Crippen molar-refractivity contribution in [2.24, 2.45) is 0 Å². The van der Waals surface area contributed by atoms with E-state index >= 15 is 0 Å². The first-order valence-corrected chi connectivity index (χ1v) is 11.4. The highest BCUT2D eigenvalue weighted by molar-refractivity contribution is 7.89. The molecule has 0 aromatic heterocycles. The molecule has 1 aliphatic rings. The lowest BCUT2D eigenvalue weighted by Crippen LogP contribution is -2.42. The first-order valence-electron chi connectivity index (χ1n) is 9.99. The van der Waals surface area contributed by atoms with Gasteiger partial charge in [0.25, 0.3) is 0 Å². The molecule has 1 N–H and O–H groups in total. The normalized spacial score (nSPS) is 18.2. The Morgan fingerprint density at radius 3 is 2.64 bits per heavy atom. The molecule has 1 saturated heterocycles. The van der Waals surface area contributed by atoms with E-state index in [1.807, 2.05) is 0 Å².